The lowest BCUT2D eigenvalue weighted by molar-refractivity contribution is 0.0960. The standard InChI is InChI=1S/C20H25N3O4S/c1-21-20(24)18-14-17(10-11-19(18)27-2)28(25,26)22-15-6-8-16(9-7-15)23-12-4-3-5-13-23/h6-11,14,22H,3-5,12-13H2,1-2H3,(H,21,24). The van der Waals surface area contributed by atoms with Crippen molar-refractivity contribution in [1.82, 2.24) is 5.32 Å². The number of sulfonamides is 1. The van der Waals surface area contributed by atoms with E-state index in [0.717, 1.165) is 18.8 Å². The van der Waals surface area contributed by atoms with Crippen molar-refractivity contribution in [1.29, 1.82) is 0 Å². The molecule has 0 bridgehead atoms. The third-order valence-corrected chi connectivity index (χ3v) is 6.17. The van der Waals surface area contributed by atoms with Gasteiger partial charge in [-0.05, 0) is 61.7 Å². The van der Waals surface area contributed by atoms with Crippen LogP contribution in [0.25, 0.3) is 0 Å². The van der Waals surface area contributed by atoms with Crippen molar-refractivity contribution in [2.75, 3.05) is 36.9 Å². The van der Waals surface area contributed by atoms with Crippen LogP contribution in [-0.2, 0) is 10.0 Å². The number of carbonyl (C=O) groups is 1. The average Bonchev–Trinajstić information content (AvgIpc) is 2.73. The van der Waals surface area contributed by atoms with E-state index in [1.165, 1.54) is 51.6 Å². The highest BCUT2D eigenvalue weighted by molar-refractivity contribution is 7.92. The highest BCUT2D eigenvalue weighted by Crippen LogP contribution is 2.26. The van der Waals surface area contributed by atoms with Crippen LogP contribution in [0.3, 0.4) is 0 Å². The normalized spacial score (nSPS) is 14.4. The van der Waals surface area contributed by atoms with Crippen molar-refractivity contribution in [2.24, 2.45) is 0 Å². The Morgan fingerprint density at radius 3 is 2.32 bits per heavy atom. The Kier molecular flexibility index (Phi) is 6.08. The number of carbonyl (C=O) groups excluding carboxylic acids is 1. The Morgan fingerprint density at radius 2 is 1.71 bits per heavy atom. The number of nitrogens with one attached hydrogen (secondary N) is 2. The van der Waals surface area contributed by atoms with Crippen LogP contribution in [0.2, 0.25) is 0 Å². The number of anilines is 2. The SMILES string of the molecule is CNC(=O)c1cc(S(=O)(=O)Nc2ccc(N3CCCCC3)cc2)ccc1OC. The first-order valence-electron chi connectivity index (χ1n) is 9.22. The molecule has 7 nitrogen and oxygen atoms in total. The summed E-state index contributed by atoms with van der Waals surface area (Å²) in [5, 5.41) is 2.48. The molecular weight excluding hydrogens is 378 g/mol. The number of ether oxygens (including phenoxy) is 1. The molecular formula is C20H25N3O4S. The molecule has 2 aromatic carbocycles. The van der Waals surface area contributed by atoms with Gasteiger partial charge < -0.3 is 15.0 Å². The zero-order valence-corrected chi connectivity index (χ0v) is 16.9. The molecule has 1 saturated heterocycles. The van der Waals surface area contributed by atoms with E-state index in [2.05, 4.69) is 14.9 Å². The van der Waals surface area contributed by atoms with Crippen molar-refractivity contribution in [3.63, 3.8) is 0 Å². The van der Waals surface area contributed by atoms with Crippen molar-refractivity contribution < 1.29 is 17.9 Å². The topological polar surface area (TPSA) is 87.7 Å². The maximum Gasteiger partial charge on any atom is 0.261 e. The first-order valence-corrected chi connectivity index (χ1v) is 10.7. The van der Waals surface area contributed by atoms with Gasteiger partial charge in [0.25, 0.3) is 15.9 Å². The van der Waals surface area contributed by atoms with Gasteiger partial charge in [0.1, 0.15) is 5.75 Å². The molecule has 0 aliphatic carbocycles. The van der Waals surface area contributed by atoms with Gasteiger partial charge in [-0.3, -0.25) is 9.52 Å². The van der Waals surface area contributed by atoms with Gasteiger partial charge in [0.15, 0.2) is 0 Å². The van der Waals surface area contributed by atoms with E-state index < -0.39 is 15.9 Å². The predicted octanol–water partition coefficient (Wildman–Crippen LogP) is 2.85. The zero-order chi connectivity index (χ0) is 20.1. The Hall–Kier alpha value is -2.74. The summed E-state index contributed by atoms with van der Waals surface area (Å²) >= 11 is 0. The lowest BCUT2D eigenvalue weighted by Crippen LogP contribution is -2.29. The molecule has 150 valence electrons. The van der Waals surface area contributed by atoms with E-state index in [-0.39, 0.29) is 10.5 Å². The summed E-state index contributed by atoms with van der Waals surface area (Å²) in [7, 11) is -0.933. The van der Waals surface area contributed by atoms with Gasteiger partial charge in [-0.25, -0.2) is 8.42 Å². The molecule has 2 N–H and O–H groups in total. The van der Waals surface area contributed by atoms with E-state index in [0.29, 0.717) is 11.4 Å². The third-order valence-electron chi connectivity index (χ3n) is 4.79. The van der Waals surface area contributed by atoms with E-state index in [9.17, 15) is 13.2 Å². The highest BCUT2D eigenvalue weighted by atomic mass is 32.2. The lowest BCUT2D eigenvalue weighted by Gasteiger charge is -2.28. The summed E-state index contributed by atoms with van der Waals surface area (Å²) in [5.41, 5.74) is 1.72. The number of rotatable bonds is 6. The summed E-state index contributed by atoms with van der Waals surface area (Å²) in [6, 6.07) is 11.5. The molecule has 1 fully saturated rings. The first-order chi connectivity index (χ1) is 13.4. The first kappa shape index (κ1) is 20.0. The van der Waals surface area contributed by atoms with E-state index in [1.54, 1.807) is 12.1 Å². The largest absolute Gasteiger partial charge is 0.496 e. The van der Waals surface area contributed by atoms with Crippen molar-refractivity contribution in [2.45, 2.75) is 24.2 Å². The van der Waals surface area contributed by atoms with E-state index in [4.69, 9.17) is 4.74 Å². The fourth-order valence-electron chi connectivity index (χ4n) is 3.27. The van der Waals surface area contributed by atoms with Gasteiger partial charge in [-0.2, -0.15) is 0 Å². The van der Waals surface area contributed by atoms with Crippen LogP contribution in [0.4, 0.5) is 11.4 Å². The van der Waals surface area contributed by atoms with Gasteiger partial charge in [0, 0.05) is 31.5 Å². The van der Waals surface area contributed by atoms with Gasteiger partial charge in [-0.1, -0.05) is 0 Å². The molecule has 2 aromatic rings. The minimum atomic E-state index is -3.84. The summed E-state index contributed by atoms with van der Waals surface area (Å²) in [6.07, 6.45) is 3.62. The number of hydrogen-bond acceptors (Lipinski definition) is 5. The zero-order valence-electron chi connectivity index (χ0n) is 16.1. The van der Waals surface area contributed by atoms with Crippen LogP contribution in [0.1, 0.15) is 29.6 Å². The summed E-state index contributed by atoms with van der Waals surface area (Å²) in [6.45, 7) is 2.05. The molecule has 0 spiro atoms. The summed E-state index contributed by atoms with van der Waals surface area (Å²) < 4.78 is 33.2. The van der Waals surface area contributed by atoms with Crippen LogP contribution in [0.15, 0.2) is 47.4 Å². The third kappa shape index (κ3) is 4.39. The molecule has 0 aromatic heterocycles. The molecule has 3 rings (SSSR count). The lowest BCUT2D eigenvalue weighted by atomic mass is 10.1. The Morgan fingerprint density at radius 1 is 1.04 bits per heavy atom. The number of amides is 1. The second-order valence-electron chi connectivity index (χ2n) is 6.64. The Labute approximate surface area is 165 Å². The van der Waals surface area contributed by atoms with Crippen LogP contribution >= 0.6 is 0 Å². The Balaban J connectivity index is 1.80. The molecule has 1 aliphatic heterocycles. The van der Waals surface area contributed by atoms with Crippen molar-refractivity contribution in [3.8, 4) is 5.75 Å². The minimum Gasteiger partial charge on any atom is -0.496 e. The molecule has 8 heteroatoms. The van der Waals surface area contributed by atoms with Gasteiger partial charge in [0.05, 0.1) is 17.6 Å². The molecule has 0 unspecified atom stereocenters. The fourth-order valence-corrected chi connectivity index (χ4v) is 4.36. The highest BCUT2D eigenvalue weighted by Gasteiger charge is 2.20. The maximum atomic E-state index is 12.8. The molecule has 1 amide bonds. The van der Waals surface area contributed by atoms with Crippen molar-refractivity contribution in [3.05, 3.63) is 48.0 Å². The van der Waals surface area contributed by atoms with Crippen molar-refractivity contribution >= 4 is 27.3 Å². The molecule has 1 aliphatic rings. The Bertz CT molecular complexity index is 936. The number of piperidine rings is 1. The minimum absolute atomic E-state index is 0.00740. The number of methoxy groups -OCH3 is 1. The summed E-state index contributed by atoms with van der Waals surface area (Å²) in [4.78, 5) is 14.3. The van der Waals surface area contributed by atoms with Crippen LogP contribution in [-0.4, -0.2) is 41.6 Å². The second-order valence-corrected chi connectivity index (χ2v) is 8.32. The second kappa shape index (κ2) is 8.52. The summed E-state index contributed by atoms with van der Waals surface area (Å²) in [5.74, 6) is -0.107. The average molecular weight is 404 g/mol. The number of hydrogen-bond donors (Lipinski definition) is 2. The van der Waals surface area contributed by atoms with Crippen LogP contribution < -0.4 is 19.7 Å². The molecule has 1 heterocycles. The number of benzene rings is 2. The van der Waals surface area contributed by atoms with Crippen LogP contribution in [0, 0.1) is 0 Å². The van der Waals surface area contributed by atoms with E-state index in [1.807, 2.05) is 12.1 Å². The molecule has 0 radical (unpaired) electrons. The molecule has 28 heavy (non-hydrogen) atoms. The van der Waals surface area contributed by atoms with Crippen LogP contribution in [0.5, 0.6) is 5.75 Å². The fraction of sp³-hybridized carbons (Fsp3) is 0.350. The molecule has 0 saturated carbocycles. The van der Waals surface area contributed by atoms with Gasteiger partial charge in [0.2, 0.25) is 0 Å². The molecule has 0 atom stereocenters. The number of nitrogens with zero attached hydrogens (tertiary/aromatic N) is 1. The smallest absolute Gasteiger partial charge is 0.261 e. The van der Waals surface area contributed by atoms with Gasteiger partial charge in [-0.15, -0.1) is 0 Å². The predicted molar refractivity (Wildman–Crippen MR) is 110 cm³/mol. The monoisotopic (exact) mass is 403 g/mol. The maximum absolute atomic E-state index is 12.8. The van der Waals surface area contributed by atoms with Gasteiger partial charge >= 0.3 is 0 Å². The van der Waals surface area contributed by atoms with E-state index >= 15 is 0 Å². The quantitative estimate of drug-likeness (QED) is 0.774.